The number of carbonyl (C=O) groups excluding carboxylic acids is 1. The average molecular weight is 389 g/mol. The van der Waals surface area contributed by atoms with Crippen LogP contribution in [0.15, 0.2) is 60.9 Å². The van der Waals surface area contributed by atoms with E-state index in [1.807, 2.05) is 54.6 Å². The molecule has 7 nitrogen and oxygen atoms in total. The molecule has 7 heteroatoms. The van der Waals surface area contributed by atoms with Crippen molar-refractivity contribution in [2.45, 2.75) is 12.8 Å². The van der Waals surface area contributed by atoms with E-state index in [4.69, 9.17) is 10.5 Å². The number of nitrogen functional groups attached to an aromatic ring is 1. The molecule has 1 amide bonds. The number of rotatable bonds is 6. The Morgan fingerprint density at radius 3 is 2.59 bits per heavy atom. The van der Waals surface area contributed by atoms with Crippen molar-refractivity contribution in [2.75, 3.05) is 24.1 Å². The Balaban J connectivity index is 1.51. The van der Waals surface area contributed by atoms with E-state index in [1.165, 1.54) is 6.33 Å². The van der Waals surface area contributed by atoms with E-state index in [2.05, 4.69) is 20.6 Å². The number of aromatic nitrogens is 2. The number of anilines is 2. The highest BCUT2D eigenvalue weighted by Gasteiger charge is 2.20. The summed E-state index contributed by atoms with van der Waals surface area (Å²) in [6.45, 7) is 1.37. The van der Waals surface area contributed by atoms with Gasteiger partial charge >= 0.3 is 0 Å². The Morgan fingerprint density at radius 2 is 1.83 bits per heavy atom. The van der Waals surface area contributed by atoms with Crippen LogP contribution in [0.2, 0.25) is 0 Å². The minimum Gasteiger partial charge on any atom is -0.457 e. The van der Waals surface area contributed by atoms with Gasteiger partial charge < -0.3 is 21.1 Å². The van der Waals surface area contributed by atoms with Crippen LogP contribution < -0.4 is 21.1 Å². The fourth-order valence-corrected chi connectivity index (χ4v) is 3.40. The van der Waals surface area contributed by atoms with Gasteiger partial charge in [-0.25, -0.2) is 9.97 Å². The second-order valence-electron chi connectivity index (χ2n) is 7.01. The normalized spacial score (nSPS) is 16.1. The number of carbonyl (C=O) groups is 1. The van der Waals surface area contributed by atoms with Gasteiger partial charge in [0.15, 0.2) is 0 Å². The van der Waals surface area contributed by atoms with Crippen LogP contribution in [0, 0.1) is 5.92 Å². The molecule has 0 spiro atoms. The van der Waals surface area contributed by atoms with E-state index in [-0.39, 0.29) is 11.8 Å². The molecule has 2 heterocycles. The van der Waals surface area contributed by atoms with Crippen molar-refractivity contribution in [1.29, 1.82) is 0 Å². The maximum absolute atomic E-state index is 11.6. The van der Waals surface area contributed by atoms with Crippen LogP contribution in [0.25, 0.3) is 11.1 Å². The lowest BCUT2D eigenvalue weighted by Gasteiger charge is -2.23. The van der Waals surface area contributed by atoms with E-state index in [0.29, 0.717) is 31.1 Å². The lowest BCUT2D eigenvalue weighted by molar-refractivity contribution is -0.123. The van der Waals surface area contributed by atoms with Crippen molar-refractivity contribution in [2.24, 2.45) is 5.92 Å². The number of amides is 1. The Labute approximate surface area is 169 Å². The predicted molar refractivity (Wildman–Crippen MR) is 113 cm³/mol. The van der Waals surface area contributed by atoms with Crippen molar-refractivity contribution >= 4 is 17.5 Å². The molecular formula is C22H23N5O2. The third-order valence-corrected chi connectivity index (χ3v) is 4.91. The molecule has 1 aromatic heterocycles. The topological polar surface area (TPSA) is 102 Å². The number of hydrogen-bond acceptors (Lipinski definition) is 6. The first-order chi connectivity index (χ1) is 14.2. The zero-order valence-corrected chi connectivity index (χ0v) is 16.0. The summed E-state index contributed by atoms with van der Waals surface area (Å²) >= 11 is 0. The van der Waals surface area contributed by atoms with E-state index >= 15 is 0 Å². The molecule has 4 rings (SSSR count). The molecule has 1 aliphatic rings. The van der Waals surface area contributed by atoms with Crippen LogP contribution in [0.5, 0.6) is 11.5 Å². The maximum atomic E-state index is 11.6. The van der Waals surface area contributed by atoms with Gasteiger partial charge in [0.2, 0.25) is 5.91 Å². The molecule has 0 bridgehead atoms. The van der Waals surface area contributed by atoms with Gasteiger partial charge in [0.1, 0.15) is 29.5 Å². The Kier molecular flexibility index (Phi) is 5.56. The van der Waals surface area contributed by atoms with Gasteiger partial charge in [0.05, 0.1) is 5.56 Å². The van der Waals surface area contributed by atoms with E-state index < -0.39 is 0 Å². The average Bonchev–Trinajstić information content (AvgIpc) is 2.74. The summed E-state index contributed by atoms with van der Waals surface area (Å²) in [6, 6.07) is 17.3. The van der Waals surface area contributed by atoms with Crippen molar-refractivity contribution in [1.82, 2.24) is 15.3 Å². The Morgan fingerprint density at radius 1 is 1.07 bits per heavy atom. The first-order valence-corrected chi connectivity index (χ1v) is 9.63. The number of hydrogen-bond donors (Lipinski definition) is 3. The predicted octanol–water partition coefficient (Wildman–Crippen LogP) is 3.46. The Bertz CT molecular complexity index is 976. The molecule has 3 aromatic rings. The first kappa shape index (κ1) is 18.7. The molecule has 0 saturated carbocycles. The first-order valence-electron chi connectivity index (χ1n) is 9.63. The summed E-state index contributed by atoms with van der Waals surface area (Å²) < 4.78 is 5.85. The number of nitrogens with one attached hydrogen (secondary N) is 2. The van der Waals surface area contributed by atoms with Crippen LogP contribution in [0.3, 0.4) is 0 Å². The molecule has 1 unspecified atom stereocenters. The molecule has 1 aliphatic heterocycles. The van der Waals surface area contributed by atoms with Crippen LogP contribution >= 0.6 is 0 Å². The summed E-state index contributed by atoms with van der Waals surface area (Å²) in [4.78, 5) is 20.1. The molecule has 0 radical (unpaired) electrons. The highest BCUT2D eigenvalue weighted by molar-refractivity contribution is 5.83. The van der Waals surface area contributed by atoms with Crippen molar-refractivity contribution < 1.29 is 9.53 Å². The van der Waals surface area contributed by atoms with Gasteiger partial charge in [-0.1, -0.05) is 30.3 Å². The fourth-order valence-electron chi connectivity index (χ4n) is 3.40. The summed E-state index contributed by atoms with van der Waals surface area (Å²) in [5.74, 6) is 2.95. The van der Waals surface area contributed by atoms with E-state index in [1.54, 1.807) is 0 Å². The summed E-state index contributed by atoms with van der Waals surface area (Å²) in [7, 11) is 0. The van der Waals surface area contributed by atoms with Gasteiger partial charge in [-0.05, 0) is 42.2 Å². The number of para-hydroxylation sites is 1. The second-order valence-corrected chi connectivity index (χ2v) is 7.01. The zero-order valence-electron chi connectivity index (χ0n) is 16.0. The third kappa shape index (κ3) is 4.63. The zero-order chi connectivity index (χ0) is 20.1. The van der Waals surface area contributed by atoms with E-state index in [0.717, 1.165) is 29.0 Å². The third-order valence-electron chi connectivity index (χ3n) is 4.91. The van der Waals surface area contributed by atoms with E-state index in [9.17, 15) is 4.79 Å². The molecule has 148 valence electrons. The largest absolute Gasteiger partial charge is 0.457 e. The number of benzene rings is 2. The SMILES string of the molecule is Nc1ncnc(NCC2CCNC(=O)C2)c1-c1ccc(Oc2ccccc2)cc1. The van der Waals surface area contributed by atoms with Crippen LogP contribution in [0.4, 0.5) is 11.6 Å². The number of piperidine rings is 1. The minimum absolute atomic E-state index is 0.0967. The Hall–Kier alpha value is -3.61. The molecule has 1 fully saturated rings. The molecule has 0 aliphatic carbocycles. The van der Waals surface area contributed by atoms with Crippen molar-refractivity contribution in [3.8, 4) is 22.6 Å². The highest BCUT2D eigenvalue weighted by atomic mass is 16.5. The lowest BCUT2D eigenvalue weighted by Crippen LogP contribution is -2.36. The molecule has 1 atom stereocenters. The molecule has 2 aromatic carbocycles. The number of ether oxygens (including phenoxy) is 1. The number of nitrogens with two attached hydrogens (primary N) is 1. The van der Waals surface area contributed by atoms with Crippen LogP contribution in [0.1, 0.15) is 12.8 Å². The van der Waals surface area contributed by atoms with Gasteiger partial charge in [-0.2, -0.15) is 0 Å². The van der Waals surface area contributed by atoms with Crippen molar-refractivity contribution in [3.63, 3.8) is 0 Å². The van der Waals surface area contributed by atoms with Crippen molar-refractivity contribution in [3.05, 3.63) is 60.9 Å². The standard InChI is InChI=1S/C22H23N5O2/c23-21-20(16-6-8-18(9-7-16)29-17-4-2-1-3-5-17)22(27-14-26-21)25-13-15-10-11-24-19(28)12-15/h1-9,14-15H,10-13H2,(H,24,28)(H3,23,25,26,27). The minimum atomic E-state index is 0.0967. The summed E-state index contributed by atoms with van der Waals surface area (Å²) in [5.41, 5.74) is 7.80. The smallest absolute Gasteiger partial charge is 0.220 e. The lowest BCUT2D eigenvalue weighted by atomic mass is 9.97. The molecule has 4 N–H and O–H groups in total. The maximum Gasteiger partial charge on any atom is 0.220 e. The van der Waals surface area contributed by atoms with Gasteiger partial charge in [0, 0.05) is 19.5 Å². The van der Waals surface area contributed by atoms with Gasteiger partial charge in [-0.15, -0.1) is 0 Å². The number of nitrogens with zero attached hydrogens (tertiary/aromatic N) is 2. The second kappa shape index (κ2) is 8.60. The quantitative estimate of drug-likeness (QED) is 0.597. The molecule has 1 saturated heterocycles. The molecule has 29 heavy (non-hydrogen) atoms. The highest BCUT2D eigenvalue weighted by Crippen LogP contribution is 2.33. The molecular weight excluding hydrogens is 366 g/mol. The van der Waals surface area contributed by atoms with Gasteiger partial charge in [0.25, 0.3) is 0 Å². The summed E-state index contributed by atoms with van der Waals surface area (Å²) in [5, 5.41) is 6.21. The van der Waals surface area contributed by atoms with Crippen LogP contribution in [-0.2, 0) is 4.79 Å². The van der Waals surface area contributed by atoms with Crippen LogP contribution in [-0.4, -0.2) is 29.0 Å². The summed E-state index contributed by atoms with van der Waals surface area (Å²) in [6.07, 6.45) is 2.91. The van der Waals surface area contributed by atoms with Gasteiger partial charge in [-0.3, -0.25) is 4.79 Å². The monoisotopic (exact) mass is 389 g/mol. The fraction of sp³-hybridized carbons (Fsp3) is 0.227.